The van der Waals surface area contributed by atoms with E-state index in [1.54, 1.807) is 36.9 Å². The Hall–Kier alpha value is -3.58. The van der Waals surface area contributed by atoms with Gasteiger partial charge < -0.3 is 14.8 Å². The molecule has 1 N–H and O–H groups in total. The van der Waals surface area contributed by atoms with Gasteiger partial charge in [0.15, 0.2) is 11.3 Å². The van der Waals surface area contributed by atoms with Crippen LogP contribution in [0.3, 0.4) is 0 Å². The van der Waals surface area contributed by atoms with Crippen LogP contribution in [-0.4, -0.2) is 34.3 Å². The molecule has 2 aromatic heterocycles. The lowest BCUT2D eigenvalue weighted by atomic mass is 10.1. The Labute approximate surface area is 184 Å². The minimum atomic E-state index is -0.490. The van der Waals surface area contributed by atoms with Gasteiger partial charge in [-0.25, -0.2) is 9.78 Å². The molecule has 0 aliphatic rings. The molecule has 31 heavy (non-hydrogen) atoms. The smallest absolute Gasteiger partial charge is 0.357 e. The summed E-state index contributed by atoms with van der Waals surface area (Å²) in [4.78, 5) is 17.0. The number of carbonyl (C=O) groups is 1. The standard InChI is InChI=1S/C23H21ClN4O3/c1-3-31-23(29)20-12-21(25-13-15-7-9-18(30-2)10-8-15)28-22(27-20)19(14-26-28)16-5-4-6-17(24)11-16/h4-12,14,25H,3,13H2,1-2H3. The summed E-state index contributed by atoms with van der Waals surface area (Å²) in [5.74, 6) is 0.922. The average Bonchev–Trinajstić information content (AvgIpc) is 3.22. The molecule has 0 fully saturated rings. The van der Waals surface area contributed by atoms with Gasteiger partial charge >= 0.3 is 5.97 Å². The molecule has 7 nitrogen and oxygen atoms in total. The summed E-state index contributed by atoms with van der Waals surface area (Å²) in [7, 11) is 1.63. The van der Waals surface area contributed by atoms with Gasteiger partial charge in [0.25, 0.3) is 0 Å². The quantitative estimate of drug-likeness (QED) is 0.417. The lowest BCUT2D eigenvalue weighted by Crippen LogP contribution is -2.12. The van der Waals surface area contributed by atoms with Gasteiger partial charge in [-0.3, -0.25) is 0 Å². The predicted octanol–water partition coefficient (Wildman–Crippen LogP) is 4.85. The number of halogens is 1. The minimum absolute atomic E-state index is 0.204. The zero-order valence-corrected chi connectivity index (χ0v) is 17.9. The molecule has 2 aromatic carbocycles. The van der Waals surface area contributed by atoms with Crippen molar-refractivity contribution in [3.8, 4) is 16.9 Å². The van der Waals surface area contributed by atoms with Crippen molar-refractivity contribution in [1.82, 2.24) is 14.6 Å². The fourth-order valence-corrected chi connectivity index (χ4v) is 3.38. The number of nitrogens with zero attached hydrogens (tertiary/aromatic N) is 3. The number of nitrogens with one attached hydrogen (secondary N) is 1. The van der Waals surface area contributed by atoms with Gasteiger partial charge in [0, 0.05) is 23.2 Å². The summed E-state index contributed by atoms with van der Waals surface area (Å²) < 4.78 is 12.0. The Kier molecular flexibility index (Phi) is 6.04. The average molecular weight is 437 g/mol. The highest BCUT2D eigenvalue weighted by molar-refractivity contribution is 6.30. The van der Waals surface area contributed by atoms with Gasteiger partial charge in [0.2, 0.25) is 0 Å². The SMILES string of the molecule is CCOC(=O)c1cc(NCc2ccc(OC)cc2)n2ncc(-c3cccc(Cl)c3)c2n1. The third-order valence-electron chi connectivity index (χ3n) is 4.72. The van der Waals surface area contributed by atoms with E-state index in [0.29, 0.717) is 23.0 Å². The second-order valence-electron chi connectivity index (χ2n) is 6.75. The first-order valence-electron chi connectivity index (χ1n) is 9.77. The van der Waals surface area contributed by atoms with Crippen LogP contribution in [0.4, 0.5) is 5.82 Å². The molecule has 0 saturated carbocycles. The van der Waals surface area contributed by atoms with Crippen LogP contribution >= 0.6 is 11.6 Å². The number of rotatable bonds is 7. The van der Waals surface area contributed by atoms with Crippen molar-refractivity contribution < 1.29 is 14.3 Å². The fourth-order valence-electron chi connectivity index (χ4n) is 3.19. The topological polar surface area (TPSA) is 77.8 Å². The summed E-state index contributed by atoms with van der Waals surface area (Å²) in [6, 6.07) is 16.8. The number of methoxy groups -OCH3 is 1. The van der Waals surface area contributed by atoms with Crippen LogP contribution in [0.1, 0.15) is 23.0 Å². The molecule has 158 valence electrons. The summed E-state index contributed by atoms with van der Waals surface area (Å²) in [6.45, 7) is 2.55. The molecule has 0 spiro atoms. The lowest BCUT2D eigenvalue weighted by Gasteiger charge is -2.11. The van der Waals surface area contributed by atoms with Gasteiger partial charge in [-0.15, -0.1) is 0 Å². The van der Waals surface area contributed by atoms with E-state index in [2.05, 4.69) is 15.4 Å². The van der Waals surface area contributed by atoms with Gasteiger partial charge in [-0.05, 0) is 42.3 Å². The molecule has 4 aromatic rings. The first-order valence-corrected chi connectivity index (χ1v) is 10.2. The van der Waals surface area contributed by atoms with E-state index in [9.17, 15) is 4.79 Å². The maximum absolute atomic E-state index is 12.4. The molecule has 0 amide bonds. The van der Waals surface area contributed by atoms with Gasteiger partial charge in [0.1, 0.15) is 11.6 Å². The Bertz CT molecular complexity index is 1220. The number of benzene rings is 2. The second kappa shape index (κ2) is 9.06. The Balaban J connectivity index is 1.74. The molecule has 0 radical (unpaired) electrons. The van der Waals surface area contributed by atoms with E-state index < -0.39 is 5.97 Å². The highest BCUT2D eigenvalue weighted by atomic mass is 35.5. The highest BCUT2D eigenvalue weighted by Crippen LogP contribution is 2.28. The third-order valence-corrected chi connectivity index (χ3v) is 4.96. The van der Waals surface area contributed by atoms with Crippen molar-refractivity contribution in [2.45, 2.75) is 13.5 Å². The summed E-state index contributed by atoms with van der Waals surface area (Å²) >= 11 is 6.16. The van der Waals surface area contributed by atoms with E-state index in [1.807, 2.05) is 42.5 Å². The maximum Gasteiger partial charge on any atom is 0.357 e. The van der Waals surface area contributed by atoms with Crippen LogP contribution < -0.4 is 10.1 Å². The van der Waals surface area contributed by atoms with Crippen LogP contribution in [0.25, 0.3) is 16.8 Å². The van der Waals surface area contributed by atoms with E-state index >= 15 is 0 Å². The fraction of sp³-hybridized carbons (Fsp3) is 0.174. The van der Waals surface area contributed by atoms with Crippen LogP contribution in [0, 0.1) is 0 Å². The van der Waals surface area contributed by atoms with Crippen molar-refractivity contribution in [2.75, 3.05) is 19.0 Å². The monoisotopic (exact) mass is 436 g/mol. The molecular formula is C23H21ClN4O3. The van der Waals surface area contributed by atoms with E-state index in [-0.39, 0.29) is 12.3 Å². The van der Waals surface area contributed by atoms with E-state index in [4.69, 9.17) is 21.1 Å². The van der Waals surface area contributed by atoms with Crippen LogP contribution in [-0.2, 0) is 11.3 Å². The number of anilines is 1. The van der Waals surface area contributed by atoms with E-state index in [1.165, 1.54) is 0 Å². The summed E-state index contributed by atoms with van der Waals surface area (Å²) in [6.07, 6.45) is 1.71. The van der Waals surface area contributed by atoms with Crippen molar-refractivity contribution in [1.29, 1.82) is 0 Å². The minimum Gasteiger partial charge on any atom is -0.497 e. The van der Waals surface area contributed by atoms with Gasteiger partial charge in [-0.2, -0.15) is 9.61 Å². The number of ether oxygens (including phenoxy) is 2. The van der Waals surface area contributed by atoms with Crippen LogP contribution in [0.5, 0.6) is 5.75 Å². The molecule has 2 heterocycles. The molecule has 0 saturated heterocycles. The summed E-state index contributed by atoms with van der Waals surface area (Å²) in [5.41, 5.74) is 3.41. The Morgan fingerprint density at radius 2 is 1.97 bits per heavy atom. The number of carbonyl (C=O) groups excluding carboxylic acids is 1. The Morgan fingerprint density at radius 1 is 1.16 bits per heavy atom. The van der Waals surface area contributed by atoms with Gasteiger partial charge in [0.05, 0.1) is 19.9 Å². The molecule has 0 atom stereocenters. The predicted molar refractivity (Wildman–Crippen MR) is 120 cm³/mol. The number of hydrogen-bond donors (Lipinski definition) is 1. The van der Waals surface area contributed by atoms with Crippen LogP contribution in [0.2, 0.25) is 5.02 Å². The zero-order chi connectivity index (χ0) is 21.8. The first-order chi connectivity index (χ1) is 15.1. The third kappa shape index (κ3) is 4.46. The molecular weight excluding hydrogens is 416 g/mol. The highest BCUT2D eigenvalue weighted by Gasteiger charge is 2.17. The largest absolute Gasteiger partial charge is 0.497 e. The molecule has 0 aliphatic carbocycles. The number of aromatic nitrogens is 3. The van der Waals surface area contributed by atoms with Crippen molar-refractivity contribution >= 4 is 29.0 Å². The van der Waals surface area contributed by atoms with Crippen molar-refractivity contribution in [3.63, 3.8) is 0 Å². The van der Waals surface area contributed by atoms with Crippen LogP contribution in [0.15, 0.2) is 60.8 Å². The molecule has 4 rings (SSSR count). The molecule has 0 bridgehead atoms. The first kappa shape index (κ1) is 20.7. The molecule has 0 unspecified atom stereocenters. The number of hydrogen-bond acceptors (Lipinski definition) is 6. The second-order valence-corrected chi connectivity index (χ2v) is 7.19. The maximum atomic E-state index is 12.4. The molecule has 8 heteroatoms. The molecule has 0 aliphatic heterocycles. The normalized spacial score (nSPS) is 10.8. The van der Waals surface area contributed by atoms with Gasteiger partial charge in [-0.1, -0.05) is 35.9 Å². The van der Waals surface area contributed by atoms with Crippen molar-refractivity contribution in [3.05, 3.63) is 77.1 Å². The zero-order valence-electron chi connectivity index (χ0n) is 17.1. The van der Waals surface area contributed by atoms with E-state index in [0.717, 1.165) is 22.4 Å². The number of fused-ring (bicyclic) bond motifs is 1. The summed E-state index contributed by atoms with van der Waals surface area (Å²) in [5, 5.41) is 8.44. The Morgan fingerprint density at radius 3 is 2.68 bits per heavy atom. The van der Waals surface area contributed by atoms with Crippen molar-refractivity contribution in [2.24, 2.45) is 0 Å². The lowest BCUT2D eigenvalue weighted by molar-refractivity contribution is 0.0519. The number of esters is 1.